The van der Waals surface area contributed by atoms with Gasteiger partial charge in [0.25, 0.3) is 0 Å². The molecule has 0 aliphatic rings. The third-order valence-electron chi connectivity index (χ3n) is 2.94. The second-order valence-corrected chi connectivity index (χ2v) is 5.00. The number of pyridine rings is 1. The zero-order chi connectivity index (χ0) is 14.9. The fourth-order valence-corrected chi connectivity index (χ4v) is 2.61. The van der Waals surface area contributed by atoms with E-state index < -0.39 is 11.4 Å². The van der Waals surface area contributed by atoms with Crippen LogP contribution in [0.4, 0.5) is 0 Å². The number of fused-ring (bicyclic) bond motifs is 1. The summed E-state index contributed by atoms with van der Waals surface area (Å²) in [5.41, 5.74) is 0.137. The van der Waals surface area contributed by atoms with Crippen molar-refractivity contribution in [2.75, 3.05) is 6.61 Å². The highest BCUT2D eigenvalue weighted by atomic mass is 35.5. The first-order chi connectivity index (χ1) is 9.49. The van der Waals surface area contributed by atoms with E-state index in [0.29, 0.717) is 17.1 Å². The minimum Gasteiger partial charge on any atom is -0.462 e. The fourth-order valence-electron chi connectivity index (χ4n) is 2.05. The van der Waals surface area contributed by atoms with Crippen LogP contribution in [0.5, 0.6) is 0 Å². The lowest BCUT2D eigenvalue weighted by molar-refractivity contribution is 0.0524. The summed E-state index contributed by atoms with van der Waals surface area (Å²) in [6.45, 7) is 4.36. The van der Waals surface area contributed by atoms with E-state index in [9.17, 15) is 9.59 Å². The lowest BCUT2D eigenvalue weighted by Gasteiger charge is -2.12. The molecule has 2 aromatic rings. The molecule has 2 rings (SSSR count). The third-order valence-corrected chi connectivity index (χ3v) is 3.45. The smallest absolute Gasteiger partial charge is 0.343 e. The average molecular weight is 314 g/mol. The van der Waals surface area contributed by atoms with Crippen molar-refractivity contribution in [1.82, 2.24) is 4.57 Å². The molecule has 4 nitrogen and oxygen atoms in total. The molecule has 106 valence electrons. The van der Waals surface area contributed by atoms with Crippen LogP contribution in [0.3, 0.4) is 0 Å². The lowest BCUT2D eigenvalue weighted by atomic mass is 10.1. The Hall–Kier alpha value is -1.52. The van der Waals surface area contributed by atoms with Gasteiger partial charge in [0.2, 0.25) is 5.43 Å². The number of benzene rings is 1. The van der Waals surface area contributed by atoms with E-state index in [-0.39, 0.29) is 22.6 Å². The summed E-state index contributed by atoms with van der Waals surface area (Å²) in [6.07, 6.45) is 1.48. The van der Waals surface area contributed by atoms with Crippen molar-refractivity contribution in [1.29, 1.82) is 0 Å². The monoisotopic (exact) mass is 313 g/mol. The molecule has 1 heterocycles. The van der Waals surface area contributed by atoms with Crippen LogP contribution < -0.4 is 5.43 Å². The Bertz CT molecular complexity index is 737. The van der Waals surface area contributed by atoms with Crippen LogP contribution in [0.25, 0.3) is 10.9 Å². The molecule has 0 N–H and O–H groups in total. The first kappa shape index (κ1) is 14.9. The topological polar surface area (TPSA) is 48.3 Å². The van der Waals surface area contributed by atoms with Gasteiger partial charge in [-0.15, -0.1) is 0 Å². The standard InChI is InChI=1S/C14H13Cl2NO3/c1-3-17-7-9(14(19)20-4-2)13(18)12-10(16)5-8(15)6-11(12)17/h5-7H,3-4H2,1-2H3. The molecule has 0 saturated carbocycles. The van der Waals surface area contributed by atoms with Crippen LogP contribution in [0.15, 0.2) is 23.1 Å². The van der Waals surface area contributed by atoms with Gasteiger partial charge < -0.3 is 9.30 Å². The predicted octanol–water partition coefficient (Wildman–Crippen LogP) is 3.50. The van der Waals surface area contributed by atoms with Gasteiger partial charge in [-0.2, -0.15) is 0 Å². The second kappa shape index (κ2) is 5.85. The number of aromatic nitrogens is 1. The number of nitrogens with zero attached hydrogens (tertiary/aromatic N) is 1. The van der Waals surface area contributed by atoms with Crippen LogP contribution in [-0.4, -0.2) is 17.1 Å². The molecule has 1 aromatic carbocycles. The highest BCUT2D eigenvalue weighted by molar-refractivity contribution is 6.38. The van der Waals surface area contributed by atoms with Crippen molar-refractivity contribution >= 4 is 40.1 Å². The number of carbonyl (C=O) groups excluding carboxylic acids is 1. The molecule has 0 aliphatic heterocycles. The summed E-state index contributed by atoms with van der Waals surface area (Å²) in [6, 6.07) is 3.14. The van der Waals surface area contributed by atoms with Crippen LogP contribution in [0.2, 0.25) is 10.0 Å². The molecule has 0 fully saturated rings. The molecular weight excluding hydrogens is 301 g/mol. The highest BCUT2D eigenvalue weighted by Crippen LogP contribution is 2.26. The maximum Gasteiger partial charge on any atom is 0.343 e. The van der Waals surface area contributed by atoms with Gasteiger partial charge in [-0.1, -0.05) is 23.2 Å². The molecule has 0 spiro atoms. The van der Waals surface area contributed by atoms with Crippen molar-refractivity contribution in [3.63, 3.8) is 0 Å². The normalized spacial score (nSPS) is 10.8. The van der Waals surface area contributed by atoms with Crippen LogP contribution in [0, 0.1) is 0 Å². The minimum absolute atomic E-state index is 0.0228. The van der Waals surface area contributed by atoms with Crippen LogP contribution in [-0.2, 0) is 11.3 Å². The SMILES string of the molecule is CCOC(=O)c1cn(CC)c2cc(Cl)cc(Cl)c2c1=O. The van der Waals surface area contributed by atoms with E-state index >= 15 is 0 Å². The maximum atomic E-state index is 12.4. The van der Waals surface area contributed by atoms with E-state index in [1.54, 1.807) is 17.6 Å². The van der Waals surface area contributed by atoms with Gasteiger partial charge in [0.15, 0.2) is 0 Å². The van der Waals surface area contributed by atoms with E-state index in [4.69, 9.17) is 27.9 Å². The highest BCUT2D eigenvalue weighted by Gasteiger charge is 2.18. The Kier molecular flexibility index (Phi) is 4.35. The van der Waals surface area contributed by atoms with Crippen molar-refractivity contribution in [3.8, 4) is 0 Å². The number of aryl methyl sites for hydroxylation is 1. The molecule has 0 radical (unpaired) electrons. The summed E-state index contributed by atoms with van der Waals surface area (Å²) in [5, 5.41) is 0.947. The van der Waals surface area contributed by atoms with Crippen LogP contribution in [0.1, 0.15) is 24.2 Å². The van der Waals surface area contributed by atoms with Crippen molar-refractivity contribution in [2.45, 2.75) is 20.4 Å². The lowest BCUT2D eigenvalue weighted by Crippen LogP contribution is -2.21. The second-order valence-electron chi connectivity index (χ2n) is 4.16. The van der Waals surface area contributed by atoms with Crippen molar-refractivity contribution in [2.24, 2.45) is 0 Å². The molecule has 20 heavy (non-hydrogen) atoms. The number of rotatable bonds is 3. The first-order valence-electron chi connectivity index (χ1n) is 6.18. The third kappa shape index (κ3) is 2.53. The van der Waals surface area contributed by atoms with Gasteiger partial charge in [0.1, 0.15) is 5.56 Å². The Morgan fingerprint density at radius 3 is 2.60 bits per heavy atom. The molecule has 0 aliphatic carbocycles. The average Bonchev–Trinajstić information content (AvgIpc) is 2.38. The van der Waals surface area contributed by atoms with E-state index in [1.807, 2.05) is 6.92 Å². The van der Waals surface area contributed by atoms with Gasteiger partial charge in [-0.3, -0.25) is 4.79 Å². The van der Waals surface area contributed by atoms with E-state index in [1.165, 1.54) is 12.3 Å². The largest absolute Gasteiger partial charge is 0.462 e. The number of esters is 1. The van der Waals surface area contributed by atoms with Crippen molar-refractivity contribution in [3.05, 3.63) is 44.2 Å². The van der Waals surface area contributed by atoms with E-state index in [0.717, 1.165) is 0 Å². The number of ether oxygens (including phenoxy) is 1. The molecule has 0 bridgehead atoms. The molecule has 0 unspecified atom stereocenters. The Morgan fingerprint density at radius 1 is 1.30 bits per heavy atom. The summed E-state index contributed by atoms with van der Waals surface area (Å²) in [5.74, 6) is -0.646. The Morgan fingerprint density at radius 2 is 2.00 bits per heavy atom. The van der Waals surface area contributed by atoms with Gasteiger partial charge in [-0.25, -0.2) is 4.79 Å². The molecular formula is C14H13Cl2NO3. The van der Waals surface area contributed by atoms with Crippen molar-refractivity contribution < 1.29 is 9.53 Å². The quantitative estimate of drug-likeness (QED) is 0.815. The van der Waals surface area contributed by atoms with E-state index in [2.05, 4.69) is 0 Å². The van der Waals surface area contributed by atoms with Gasteiger partial charge in [0.05, 0.1) is 22.5 Å². The summed E-state index contributed by atoms with van der Waals surface area (Å²) in [7, 11) is 0. The molecule has 0 saturated heterocycles. The predicted molar refractivity (Wildman–Crippen MR) is 79.9 cm³/mol. The minimum atomic E-state index is -0.646. The zero-order valence-corrected chi connectivity index (χ0v) is 12.6. The number of carbonyl (C=O) groups is 1. The molecule has 0 atom stereocenters. The molecule has 0 amide bonds. The van der Waals surface area contributed by atoms with Gasteiger partial charge >= 0.3 is 5.97 Å². The molecule has 1 aromatic heterocycles. The maximum absolute atomic E-state index is 12.4. The Labute approximate surface area is 125 Å². The number of halogens is 2. The van der Waals surface area contributed by atoms with Crippen LogP contribution >= 0.6 is 23.2 Å². The Balaban J connectivity index is 2.85. The molecule has 6 heteroatoms. The fraction of sp³-hybridized carbons (Fsp3) is 0.286. The number of hydrogen-bond donors (Lipinski definition) is 0. The number of hydrogen-bond acceptors (Lipinski definition) is 3. The summed E-state index contributed by atoms with van der Waals surface area (Å²) in [4.78, 5) is 24.3. The summed E-state index contributed by atoms with van der Waals surface area (Å²) < 4.78 is 6.65. The van der Waals surface area contributed by atoms with Gasteiger partial charge in [-0.05, 0) is 26.0 Å². The first-order valence-corrected chi connectivity index (χ1v) is 6.94. The summed E-state index contributed by atoms with van der Waals surface area (Å²) >= 11 is 12.1. The zero-order valence-electron chi connectivity index (χ0n) is 11.1. The van der Waals surface area contributed by atoms with Gasteiger partial charge in [0, 0.05) is 17.8 Å².